The molecule has 0 spiro atoms. The van der Waals surface area contributed by atoms with Gasteiger partial charge in [0.1, 0.15) is 5.75 Å². The number of hydrogen-bond donors (Lipinski definition) is 1. The topological polar surface area (TPSA) is 20.2 Å². The normalized spacial score (nSPS) is 13.3. The highest BCUT2D eigenvalue weighted by molar-refractivity contribution is 8.00. The average Bonchev–Trinajstić information content (AvgIpc) is 2.48. The van der Waals surface area contributed by atoms with Crippen LogP contribution in [0.5, 0.6) is 5.75 Å². The predicted molar refractivity (Wildman–Crippen MR) is 119 cm³/mol. The predicted octanol–water partition coefficient (Wildman–Crippen LogP) is 8.22. The zero-order valence-electron chi connectivity index (χ0n) is 18.8. The minimum atomic E-state index is -0.0126. The van der Waals surface area contributed by atoms with Gasteiger partial charge in [0.15, 0.2) is 0 Å². The van der Waals surface area contributed by atoms with Crippen LogP contribution in [0.15, 0.2) is 17.0 Å². The van der Waals surface area contributed by atoms with Gasteiger partial charge in [-0.15, -0.1) is 11.8 Å². The van der Waals surface area contributed by atoms with Gasteiger partial charge in [-0.05, 0) is 42.2 Å². The molecule has 0 aliphatic carbocycles. The molecule has 1 aromatic rings. The van der Waals surface area contributed by atoms with Gasteiger partial charge in [0, 0.05) is 20.8 Å². The first-order chi connectivity index (χ1) is 11.9. The molecule has 26 heavy (non-hydrogen) atoms. The summed E-state index contributed by atoms with van der Waals surface area (Å²) in [6, 6.07) is 4.52. The standard InChI is InChI=1S/C24H42OS/c1-10-13-22(4,5)19-16-18(26-24(8,9)15-12-3)17-20(21(19)25)23(6,7)14-11-2/h16-17,25H,10-15H2,1-9H3. The lowest BCUT2D eigenvalue weighted by Crippen LogP contribution is -2.22. The van der Waals surface area contributed by atoms with E-state index in [0.717, 1.165) is 36.8 Å². The largest absolute Gasteiger partial charge is 0.507 e. The molecule has 0 radical (unpaired) electrons. The molecule has 2 heteroatoms. The molecule has 0 aromatic heterocycles. The smallest absolute Gasteiger partial charge is 0.123 e. The van der Waals surface area contributed by atoms with Gasteiger partial charge in [-0.3, -0.25) is 0 Å². The van der Waals surface area contributed by atoms with E-state index in [-0.39, 0.29) is 15.6 Å². The van der Waals surface area contributed by atoms with Gasteiger partial charge in [-0.2, -0.15) is 0 Å². The Morgan fingerprint density at radius 2 is 1.12 bits per heavy atom. The number of rotatable bonds is 10. The first-order valence-corrected chi connectivity index (χ1v) is 11.3. The van der Waals surface area contributed by atoms with Crippen molar-refractivity contribution in [3.63, 3.8) is 0 Å². The fourth-order valence-corrected chi connectivity index (χ4v) is 5.49. The third-order valence-corrected chi connectivity index (χ3v) is 6.77. The Morgan fingerprint density at radius 3 is 1.46 bits per heavy atom. The second-order valence-electron chi connectivity index (χ2n) is 9.75. The van der Waals surface area contributed by atoms with E-state index < -0.39 is 0 Å². The first kappa shape index (κ1) is 23.4. The SMILES string of the molecule is CCCC(C)(C)Sc1cc(C(C)(C)CCC)c(O)c(C(C)(C)CCC)c1. The molecule has 0 amide bonds. The van der Waals surface area contributed by atoms with E-state index in [0.29, 0.717) is 5.75 Å². The summed E-state index contributed by atoms with van der Waals surface area (Å²) in [5.41, 5.74) is 2.22. The lowest BCUT2D eigenvalue weighted by molar-refractivity contribution is 0.387. The minimum absolute atomic E-state index is 0.0126. The minimum Gasteiger partial charge on any atom is -0.507 e. The van der Waals surface area contributed by atoms with E-state index in [1.807, 2.05) is 11.8 Å². The summed E-state index contributed by atoms with van der Waals surface area (Å²) in [4.78, 5) is 1.31. The Bertz CT molecular complexity index is 545. The van der Waals surface area contributed by atoms with Crippen molar-refractivity contribution < 1.29 is 5.11 Å². The molecule has 0 aliphatic rings. The number of phenols is 1. The zero-order chi connectivity index (χ0) is 20.2. The summed E-state index contributed by atoms with van der Waals surface area (Å²) in [6.45, 7) is 20.5. The number of aromatic hydroxyl groups is 1. The average molecular weight is 379 g/mol. The second-order valence-corrected chi connectivity index (χ2v) is 11.5. The quantitative estimate of drug-likeness (QED) is 0.414. The lowest BCUT2D eigenvalue weighted by atomic mass is 9.74. The monoisotopic (exact) mass is 378 g/mol. The maximum atomic E-state index is 11.2. The van der Waals surface area contributed by atoms with E-state index in [1.165, 1.54) is 17.7 Å². The molecular weight excluding hydrogens is 336 g/mol. The number of phenolic OH excluding ortho intramolecular Hbond substituents is 1. The molecule has 1 rings (SSSR count). The summed E-state index contributed by atoms with van der Waals surface area (Å²) in [7, 11) is 0. The molecule has 0 heterocycles. The molecule has 0 bridgehead atoms. The van der Waals surface area contributed by atoms with Crippen molar-refractivity contribution in [2.75, 3.05) is 0 Å². The summed E-state index contributed by atoms with van der Waals surface area (Å²) in [5, 5.41) is 11.2. The van der Waals surface area contributed by atoms with Crippen molar-refractivity contribution in [2.45, 2.75) is 121 Å². The van der Waals surface area contributed by atoms with Crippen LogP contribution in [0.1, 0.15) is 112 Å². The van der Waals surface area contributed by atoms with Crippen molar-refractivity contribution in [1.82, 2.24) is 0 Å². The molecule has 0 aliphatic heterocycles. The summed E-state index contributed by atoms with van der Waals surface area (Å²) in [6.07, 6.45) is 6.80. The van der Waals surface area contributed by atoms with Crippen LogP contribution in [0.3, 0.4) is 0 Å². The molecule has 0 unspecified atom stereocenters. The van der Waals surface area contributed by atoms with Crippen molar-refractivity contribution in [3.8, 4) is 5.75 Å². The van der Waals surface area contributed by atoms with Crippen LogP contribution in [0.2, 0.25) is 0 Å². The van der Waals surface area contributed by atoms with Crippen molar-refractivity contribution >= 4 is 11.8 Å². The van der Waals surface area contributed by atoms with Crippen LogP contribution in [0.25, 0.3) is 0 Å². The van der Waals surface area contributed by atoms with E-state index >= 15 is 0 Å². The van der Waals surface area contributed by atoms with Crippen LogP contribution in [-0.4, -0.2) is 9.85 Å². The molecule has 0 saturated heterocycles. The van der Waals surface area contributed by atoms with E-state index in [1.54, 1.807) is 0 Å². The van der Waals surface area contributed by atoms with E-state index in [4.69, 9.17) is 0 Å². The highest BCUT2D eigenvalue weighted by Gasteiger charge is 2.31. The van der Waals surface area contributed by atoms with Gasteiger partial charge >= 0.3 is 0 Å². The van der Waals surface area contributed by atoms with Gasteiger partial charge in [0.25, 0.3) is 0 Å². The molecule has 1 nitrogen and oxygen atoms in total. The summed E-state index contributed by atoms with van der Waals surface area (Å²) >= 11 is 1.96. The fourth-order valence-electron chi connectivity index (χ4n) is 4.19. The molecule has 0 atom stereocenters. The molecule has 0 fully saturated rings. The second kappa shape index (κ2) is 9.04. The highest BCUT2D eigenvalue weighted by atomic mass is 32.2. The van der Waals surface area contributed by atoms with Crippen molar-refractivity contribution in [3.05, 3.63) is 23.3 Å². The van der Waals surface area contributed by atoms with Gasteiger partial charge in [0.05, 0.1) is 0 Å². The third-order valence-electron chi connectivity index (χ3n) is 5.54. The van der Waals surface area contributed by atoms with Crippen LogP contribution in [0, 0.1) is 0 Å². The van der Waals surface area contributed by atoms with E-state index in [2.05, 4.69) is 74.4 Å². The van der Waals surface area contributed by atoms with Crippen LogP contribution in [0.4, 0.5) is 0 Å². The Kier molecular flexibility index (Phi) is 8.14. The summed E-state index contributed by atoms with van der Waals surface area (Å²) < 4.78 is 0.212. The van der Waals surface area contributed by atoms with Crippen molar-refractivity contribution in [1.29, 1.82) is 0 Å². The number of benzene rings is 1. The van der Waals surface area contributed by atoms with Gasteiger partial charge in [0.2, 0.25) is 0 Å². The molecule has 1 aromatic carbocycles. The maximum Gasteiger partial charge on any atom is 0.123 e. The first-order valence-electron chi connectivity index (χ1n) is 10.5. The third kappa shape index (κ3) is 5.94. The molecule has 150 valence electrons. The van der Waals surface area contributed by atoms with Gasteiger partial charge < -0.3 is 5.11 Å². The summed E-state index contributed by atoms with van der Waals surface area (Å²) in [5.74, 6) is 0.527. The number of hydrogen-bond acceptors (Lipinski definition) is 2. The molecule has 0 saturated carbocycles. The van der Waals surface area contributed by atoms with E-state index in [9.17, 15) is 5.11 Å². The lowest BCUT2D eigenvalue weighted by Gasteiger charge is -2.33. The van der Waals surface area contributed by atoms with Crippen LogP contribution >= 0.6 is 11.8 Å². The molecular formula is C24H42OS. The Labute approximate surface area is 167 Å². The highest BCUT2D eigenvalue weighted by Crippen LogP contribution is 2.47. The fraction of sp³-hybridized carbons (Fsp3) is 0.750. The maximum absolute atomic E-state index is 11.2. The Balaban J connectivity index is 3.53. The number of thioether (sulfide) groups is 1. The molecule has 1 N–H and O–H groups in total. The Hall–Kier alpha value is -0.630. The van der Waals surface area contributed by atoms with Crippen LogP contribution in [-0.2, 0) is 10.8 Å². The Morgan fingerprint density at radius 1 is 0.731 bits per heavy atom. The van der Waals surface area contributed by atoms with Crippen LogP contribution < -0.4 is 0 Å². The van der Waals surface area contributed by atoms with Gasteiger partial charge in [-0.1, -0.05) is 81.6 Å². The van der Waals surface area contributed by atoms with Crippen molar-refractivity contribution in [2.24, 2.45) is 0 Å². The zero-order valence-corrected chi connectivity index (χ0v) is 19.6. The van der Waals surface area contributed by atoms with Gasteiger partial charge in [-0.25, -0.2) is 0 Å².